The zero-order valence-corrected chi connectivity index (χ0v) is 13.2. The molecule has 2 aliphatic heterocycles. The zero-order valence-electron chi connectivity index (χ0n) is 24.2. The van der Waals surface area contributed by atoms with Crippen LogP contribution in [0.1, 0.15) is 58.9 Å². The van der Waals surface area contributed by atoms with E-state index in [1.807, 2.05) is 13.8 Å². The first-order chi connectivity index (χ1) is 15.3. The van der Waals surface area contributed by atoms with Gasteiger partial charge in [-0.25, -0.2) is 0 Å². The first-order valence-electron chi connectivity index (χ1n) is 13.1. The van der Waals surface area contributed by atoms with E-state index in [1.54, 1.807) is 4.90 Å². The topological polar surface area (TPSA) is 38.8 Å². The molecule has 2 aliphatic rings. The highest BCUT2D eigenvalue weighted by Crippen LogP contribution is 2.42. The van der Waals surface area contributed by atoms with E-state index in [9.17, 15) is 4.79 Å². The third kappa shape index (κ3) is 3.09. The normalized spacial score (nSPS) is 37.8. The number of nitrogens with zero attached hydrogens (tertiary/aromatic N) is 1. The van der Waals surface area contributed by atoms with Gasteiger partial charge in [0.15, 0.2) is 11.5 Å². The van der Waals surface area contributed by atoms with Gasteiger partial charge in [-0.2, -0.15) is 0 Å². The van der Waals surface area contributed by atoms with Crippen LogP contribution in [0.5, 0.6) is 11.5 Å². The number of piperidine rings is 1. The molecule has 1 fully saturated rings. The second-order valence-electron chi connectivity index (χ2n) is 6.30. The summed E-state index contributed by atoms with van der Waals surface area (Å²) in [6.07, 6.45) is -2.41. The molecule has 4 heteroatoms. The fourth-order valence-corrected chi connectivity index (χ4v) is 3.18. The minimum Gasteiger partial charge on any atom is -0.493 e. The van der Waals surface area contributed by atoms with Crippen molar-refractivity contribution in [3.63, 3.8) is 0 Å². The molecule has 4 nitrogen and oxygen atoms in total. The summed E-state index contributed by atoms with van der Waals surface area (Å²) in [5.41, 5.74) is -0.0419. The molecule has 0 amide bonds. The Morgan fingerprint density at radius 2 is 2.17 bits per heavy atom. The summed E-state index contributed by atoms with van der Waals surface area (Å²) >= 11 is 0. The van der Waals surface area contributed by atoms with Crippen molar-refractivity contribution in [3.8, 4) is 11.5 Å². The number of ether oxygens (including phenoxy) is 2. The number of ketones is 1. The monoisotopic (exact) mass is 328 g/mol. The minimum absolute atomic E-state index is 0.0451. The van der Waals surface area contributed by atoms with Crippen LogP contribution < -0.4 is 9.47 Å². The number of hydrogen-bond donors (Lipinski definition) is 0. The number of carbonyl (C=O) groups is 1. The number of carbonyl (C=O) groups excluding carboxylic acids is 1. The standard InChI is InChI=1S/C19H27NO3/c1-12(2)7-14-11-20-6-5-13-8-18(22-3)19(23-4)9-15(13)16(20)10-17(14)21/h8-9,12,14,16H,5-7,10-11H2,1-4H3/i3D3,4D3,8D,9D,10D2,14D. The predicted octanol–water partition coefficient (Wildman–Crippen LogP) is 3.24. The van der Waals surface area contributed by atoms with Gasteiger partial charge in [-0.15, -0.1) is 0 Å². The van der Waals surface area contributed by atoms with Crippen molar-refractivity contribution in [2.45, 2.75) is 39.1 Å². The van der Waals surface area contributed by atoms with E-state index in [4.69, 9.17) is 24.6 Å². The van der Waals surface area contributed by atoms with Crippen molar-refractivity contribution >= 4 is 5.78 Å². The predicted molar refractivity (Wildman–Crippen MR) is 90.1 cm³/mol. The molecule has 0 bridgehead atoms. The Bertz CT molecular complexity index is 989. The van der Waals surface area contributed by atoms with Gasteiger partial charge in [0.1, 0.15) is 5.78 Å². The van der Waals surface area contributed by atoms with Crippen LogP contribution in [0.4, 0.5) is 0 Å². The van der Waals surface area contributed by atoms with Crippen LogP contribution in [0.15, 0.2) is 12.1 Å². The van der Waals surface area contributed by atoms with Gasteiger partial charge in [0.05, 0.1) is 25.0 Å². The molecule has 1 saturated heterocycles. The molecule has 1 aromatic carbocycles. The van der Waals surface area contributed by atoms with Crippen molar-refractivity contribution in [2.24, 2.45) is 11.8 Å². The van der Waals surface area contributed by atoms with E-state index in [2.05, 4.69) is 0 Å². The molecule has 23 heavy (non-hydrogen) atoms. The van der Waals surface area contributed by atoms with Crippen LogP contribution in [0.2, 0.25) is 0 Å². The molecular weight excluding hydrogens is 290 g/mol. The summed E-state index contributed by atoms with van der Waals surface area (Å²) in [7, 11) is -6.19. The van der Waals surface area contributed by atoms with Crippen LogP contribution in [0.25, 0.3) is 0 Å². The fraction of sp³-hybridized carbons (Fsp3) is 0.632. The average Bonchev–Trinajstić information content (AvgIpc) is 2.64. The highest BCUT2D eigenvalue weighted by Gasteiger charge is 2.38. The maximum atomic E-state index is 13.2. The largest absolute Gasteiger partial charge is 0.493 e. The van der Waals surface area contributed by atoms with Gasteiger partial charge in [0.2, 0.25) is 0 Å². The molecular formula is C19H27NO3. The molecule has 0 aromatic heterocycles. The highest BCUT2D eigenvalue weighted by atomic mass is 16.5. The van der Waals surface area contributed by atoms with E-state index in [0.717, 1.165) is 0 Å². The van der Waals surface area contributed by atoms with E-state index in [1.165, 1.54) is 0 Å². The SMILES string of the molecule is [2H]c1c2c(c([2H])c(OC([2H])([2H])[2H])c1OC([2H])([2H])[2H])C1N(CC2)CC([2H])(CC(C)C)C(=O)C1([2H])[2H]. The molecule has 0 radical (unpaired) electrons. The minimum atomic E-state index is -3.12. The second-order valence-corrected chi connectivity index (χ2v) is 6.30. The fourth-order valence-electron chi connectivity index (χ4n) is 3.18. The summed E-state index contributed by atoms with van der Waals surface area (Å²) in [6.45, 7) is 3.72. The van der Waals surface area contributed by atoms with Gasteiger partial charge in [-0.3, -0.25) is 9.69 Å². The molecule has 2 heterocycles. The summed E-state index contributed by atoms with van der Waals surface area (Å²) in [4.78, 5) is 14.8. The number of hydrogen-bond acceptors (Lipinski definition) is 4. The molecule has 1 aromatic rings. The van der Waals surface area contributed by atoms with Gasteiger partial charge < -0.3 is 9.47 Å². The van der Waals surface area contributed by atoms with Crippen LogP contribution in [0, 0.1) is 11.8 Å². The van der Waals surface area contributed by atoms with Gasteiger partial charge in [-0.05, 0) is 42.0 Å². The quantitative estimate of drug-likeness (QED) is 0.850. The Kier molecular flexibility index (Phi) is 2.14. The second kappa shape index (κ2) is 6.52. The molecule has 0 aliphatic carbocycles. The van der Waals surface area contributed by atoms with Crippen LogP contribution in [0.3, 0.4) is 0 Å². The Balaban J connectivity index is 2.24. The third-order valence-electron chi connectivity index (χ3n) is 4.17. The molecule has 2 unspecified atom stereocenters. The van der Waals surface area contributed by atoms with Crippen molar-refractivity contribution in [2.75, 3.05) is 27.2 Å². The van der Waals surface area contributed by atoms with Crippen molar-refractivity contribution < 1.29 is 29.3 Å². The Labute approximate surface area is 154 Å². The Morgan fingerprint density at radius 3 is 2.87 bits per heavy atom. The van der Waals surface area contributed by atoms with E-state index in [-0.39, 0.29) is 43.0 Å². The van der Waals surface area contributed by atoms with Crippen molar-refractivity contribution in [1.29, 1.82) is 0 Å². The summed E-state index contributed by atoms with van der Waals surface area (Å²) in [5.74, 6) is -4.27. The molecule has 3 rings (SSSR count). The molecule has 0 saturated carbocycles. The summed E-state index contributed by atoms with van der Waals surface area (Å²) < 4.78 is 97.3. The highest BCUT2D eigenvalue weighted by molar-refractivity contribution is 5.83. The number of rotatable bonds is 4. The Morgan fingerprint density at radius 1 is 1.43 bits per heavy atom. The number of benzene rings is 1. The maximum absolute atomic E-state index is 13.2. The smallest absolute Gasteiger partial charge is 0.161 e. The number of fused-ring (bicyclic) bond motifs is 3. The van der Waals surface area contributed by atoms with Crippen molar-refractivity contribution in [1.82, 2.24) is 4.90 Å². The van der Waals surface area contributed by atoms with Gasteiger partial charge >= 0.3 is 0 Å². The average molecular weight is 328 g/mol. The first kappa shape index (κ1) is 7.56. The lowest BCUT2D eigenvalue weighted by atomic mass is 9.80. The number of Topliss-reactive ketones (excluding diaryl/α,β-unsaturated/α-hetero) is 1. The van der Waals surface area contributed by atoms with Gasteiger partial charge in [0.25, 0.3) is 0 Å². The lowest BCUT2D eigenvalue weighted by Gasteiger charge is -2.43. The first-order valence-corrected chi connectivity index (χ1v) is 7.61. The van der Waals surface area contributed by atoms with E-state index < -0.39 is 61.8 Å². The molecule has 0 spiro atoms. The van der Waals surface area contributed by atoms with Gasteiger partial charge in [-0.1, -0.05) is 13.8 Å². The van der Waals surface area contributed by atoms with Crippen LogP contribution in [-0.2, 0) is 11.2 Å². The summed E-state index contributed by atoms with van der Waals surface area (Å²) in [6, 6.07) is -2.56. The third-order valence-corrected chi connectivity index (χ3v) is 4.17. The summed E-state index contributed by atoms with van der Waals surface area (Å²) in [5, 5.41) is 0. The molecule has 126 valence electrons. The lowest BCUT2D eigenvalue weighted by molar-refractivity contribution is -0.129. The van der Waals surface area contributed by atoms with Crippen LogP contribution >= 0.6 is 0 Å². The maximum Gasteiger partial charge on any atom is 0.161 e. The number of methoxy groups -OCH3 is 2. The lowest BCUT2D eigenvalue weighted by Crippen LogP contribution is -2.46. The van der Waals surface area contributed by atoms with Crippen molar-refractivity contribution in [3.05, 3.63) is 23.2 Å². The van der Waals surface area contributed by atoms with Gasteiger partial charge in [0, 0.05) is 35.5 Å². The molecule has 0 N–H and O–H groups in total. The van der Waals surface area contributed by atoms with E-state index in [0.29, 0.717) is 0 Å². The van der Waals surface area contributed by atoms with Crippen LogP contribution in [-0.4, -0.2) is 37.8 Å². The molecule has 2 atom stereocenters. The zero-order chi connectivity index (χ0) is 26.0. The Hall–Kier alpha value is -1.55. The van der Waals surface area contributed by atoms with E-state index >= 15 is 0 Å².